The number of pyridine rings is 1. The van der Waals surface area contributed by atoms with Gasteiger partial charge in [0.25, 0.3) is 5.56 Å². The Kier molecular flexibility index (Phi) is 5.91. The van der Waals surface area contributed by atoms with Gasteiger partial charge in [-0.15, -0.1) is 11.3 Å². The van der Waals surface area contributed by atoms with Gasteiger partial charge in [0.2, 0.25) is 0 Å². The Hall–Kier alpha value is -4.65. The van der Waals surface area contributed by atoms with E-state index in [4.69, 9.17) is 9.47 Å². The van der Waals surface area contributed by atoms with Crippen molar-refractivity contribution in [2.45, 2.75) is 6.61 Å². The van der Waals surface area contributed by atoms with Gasteiger partial charge in [-0.05, 0) is 6.07 Å². The van der Waals surface area contributed by atoms with Gasteiger partial charge >= 0.3 is 11.7 Å². The van der Waals surface area contributed by atoms with E-state index in [1.54, 1.807) is 0 Å². The molecule has 5 rings (SSSR count). The Morgan fingerprint density at radius 2 is 1.89 bits per heavy atom. The summed E-state index contributed by atoms with van der Waals surface area (Å²) in [4.78, 5) is 43.2. The summed E-state index contributed by atoms with van der Waals surface area (Å²) in [7, 11) is 1.22. The Bertz CT molecular complexity index is 1850. The van der Waals surface area contributed by atoms with Gasteiger partial charge in [0, 0.05) is 52.3 Å². The molecule has 13 heteroatoms. The number of aromatic nitrogens is 3. The van der Waals surface area contributed by atoms with Gasteiger partial charge in [0.15, 0.2) is 17.3 Å². The molecule has 0 radical (unpaired) electrons. The molecule has 0 bridgehead atoms. The van der Waals surface area contributed by atoms with E-state index in [0.717, 1.165) is 23.5 Å². The van der Waals surface area contributed by atoms with Crippen LogP contribution in [0.4, 0.5) is 13.2 Å². The standard InChI is InChI=1S/C24H14F3N3O6S/c1-35-18-5-15(27)17(30-22(31)20-16(29-24(30)34)9-37-21(20)23(32)33)6-19(18)36-8-12-11-7-28-3-2-10(11)13(25)4-14(12)26/h2-7,9H,8H2,1H3,(H,29,34)(H,32,33). The number of nitrogens with one attached hydrogen (secondary N) is 1. The van der Waals surface area contributed by atoms with Crippen molar-refractivity contribution in [2.75, 3.05) is 7.11 Å². The lowest BCUT2D eigenvalue weighted by molar-refractivity contribution is 0.0704. The molecular formula is C24H14F3N3O6S. The SMILES string of the molecule is COc1cc(F)c(-n2c(=O)[nH]c3csc(C(=O)O)c3c2=O)cc1OCc1c(F)cc(F)c2ccncc12. The third-order valence-electron chi connectivity index (χ3n) is 5.64. The first-order valence-electron chi connectivity index (χ1n) is 10.4. The number of methoxy groups -OCH3 is 1. The number of thiophene rings is 1. The second-order valence-electron chi connectivity index (χ2n) is 7.71. The van der Waals surface area contributed by atoms with Crippen molar-refractivity contribution < 1.29 is 32.5 Å². The predicted octanol–water partition coefficient (Wildman–Crippen LogP) is 3.99. The summed E-state index contributed by atoms with van der Waals surface area (Å²) < 4.78 is 55.1. The van der Waals surface area contributed by atoms with Crippen LogP contribution in [0, 0.1) is 17.5 Å². The van der Waals surface area contributed by atoms with Crippen LogP contribution in [-0.4, -0.2) is 32.7 Å². The second-order valence-corrected chi connectivity index (χ2v) is 8.59. The molecule has 0 aliphatic heterocycles. The van der Waals surface area contributed by atoms with Crippen LogP contribution in [0.3, 0.4) is 0 Å². The first-order chi connectivity index (χ1) is 17.7. The van der Waals surface area contributed by atoms with Crippen molar-refractivity contribution in [3.05, 3.63) is 90.8 Å². The normalized spacial score (nSPS) is 11.2. The number of H-pyrrole nitrogens is 1. The van der Waals surface area contributed by atoms with Crippen LogP contribution in [0.25, 0.3) is 27.4 Å². The first kappa shape index (κ1) is 24.1. The number of carboxylic acid groups (broad SMARTS) is 1. The highest BCUT2D eigenvalue weighted by molar-refractivity contribution is 7.13. The minimum absolute atomic E-state index is 0.00804. The summed E-state index contributed by atoms with van der Waals surface area (Å²) >= 11 is 0.731. The maximum absolute atomic E-state index is 15.1. The third-order valence-corrected chi connectivity index (χ3v) is 6.61. The molecule has 5 aromatic rings. The number of fused-ring (bicyclic) bond motifs is 2. The van der Waals surface area contributed by atoms with Crippen LogP contribution >= 0.6 is 11.3 Å². The molecule has 0 saturated heterocycles. The monoisotopic (exact) mass is 529 g/mol. The van der Waals surface area contributed by atoms with Gasteiger partial charge in [-0.25, -0.2) is 27.3 Å². The van der Waals surface area contributed by atoms with Crippen molar-refractivity contribution in [1.29, 1.82) is 0 Å². The van der Waals surface area contributed by atoms with E-state index >= 15 is 4.39 Å². The van der Waals surface area contributed by atoms with E-state index in [0.29, 0.717) is 10.6 Å². The van der Waals surface area contributed by atoms with Gasteiger partial charge < -0.3 is 19.6 Å². The molecule has 2 N–H and O–H groups in total. The number of carboxylic acids is 1. The Balaban J connectivity index is 1.64. The van der Waals surface area contributed by atoms with Crippen LogP contribution in [0.5, 0.6) is 11.5 Å². The number of aromatic carboxylic acids is 1. The molecule has 0 atom stereocenters. The van der Waals surface area contributed by atoms with Gasteiger partial charge in [0.05, 0.1) is 23.7 Å². The van der Waals surface area contributed by atoms with Gasteiger partial charge in [-0.2, -0.15) is 0 Å². The van der Waals surface area contributed by atoms with E-state index in [2.05, 4.69) is 9.97 Å². The summed E-state index contributed by atoms with van der Waals surface area (Å²) in [6.07, 6.45) is 2.61. The molecule has 3 heterocycles. The van der Waals surface area contributed by atoms with Gasteiger partial charge in [-0.3, -0.25) is 9.78 Å². The Labute approximate surface area is 208 Å². The van der Waals surface area contributed by atoms with Crippen LogP contribution in [0.1, 0.15) is 15.2 Å². The first-order valence-corrected chi connectivity index (χ1v) is 11.3. The van der Waals surface area contributed by atoms with Crippen LogP contribution < -0.4 is 20.7 Å². The maximum atomic E-state index is 15.1. The van der Waals surface area contributed by atoms with Crippen molar-refractivity contribution >= 4 is 39.0 Å². The zero-order valence-corrected chi connectivity index (χ0v) is 19.5. The van der Waals surface area contributed by atoms with E-state index in [9.17, 15) is 28.3 Å². The van der Waals surface area contributed by atoms with Crippen LogP contribution in [-0.2, 0) is 6.61 Å². The summed E-state index contributed by atoms with van der Waals surface area (Å²) in [6, 6.07) is 3.91. The number of hydrogen-bond acceptors (Lipinski definition) is 7. The predicted molar refractivity (Wildman–Crippen MR) is 128 cm³/mol. The summed E-state index contributed by atoms with van der Waals surface area (Å²) in [6.45, 7) is -0.465. The highest BCUT2D eigenvalue weighted by Crippen LogP contribution is 2.33. The molecule has 37 heavy (non-hydrogen) atoms. The zero-order valence-electron chi connectivity index (χ0n) is 18.7. The molecule has 188 valence electrons. The number of ether oxygens (including phenoxy) is 2. The lowest BCUT2D eigenvalue weighted by Gasteiger charge is -2.15. The van der Waals surface area contributed by atoms with E-state index < -0.39 is 47.0 Å². The molecule has 0 saturated carbocycles. The molecule has 2 aromatic carbocycles. The molecule has 3 aromatic heterocycles. The Morgan fingerprint density at radius 3 is 2.62 bits per heavy atom. The molecular weight excluding hydrogens is 515 g/mol. The fourth-order valence-corrected chi connectivity index (χ4v) is 4.75. The fourth-order valence-electron chi connectivity index (χ4n) is 3.93. The van der Waals surface area contributed by atoms with Crippen molar-refractivity contribution in [3.8, 4) is 17.2 Å². The van der Waals surface area contributed by atoms with Crippen LogP contribution in [0.15, 0.2) is 51.6 Å². The lowest BCUT2D eigenvalue weighted by Crippen LogP contribution is -2.34. The maximum Gasteiger partial charge on any atom is 0.346 e. The number of aromatic amines is 1. The number of carbonyl (C=O) groups is 1. The van der Waals surface area contributed by atoms with Crippen molar-refractivity contribution in [1.82, 2.24) is 14.5 Å². The summed E-state index contributed by atoms with van der Waals surface area (Å²) in [5.74, 6) is -4.45. The molecule has 0 fully saturated rings. The summed E-state index contributed by atoms with van der Waals surface area (Å²) in [5, 5.41) is 10.6. The quantitative estimate of drug-likeness (QED) is 0.341. The topological polar surface area (TPSA) is 124 Å². The summed E-state index contributed by atoms with van der Waals surface area (Å²) in [5.41, 5.74) is -2.69. The van der Waals surface area contributed by atoms with E-state index in [1.165, 1.54) is 30.9 Å². The molecule has 0 aliphatic carbocycles. The number of halogens is 3. The van der Waals surface area contributed by atoms with Crippen molar-refractivity contribution in [3.63, 3.8) is 0 Å². The number of hydrogen-bond donors (Lipinski definition) is 2. The largest absolute Gasteiger partial charge is 0.493 e. The van der Waals surface area contributed by atoms with Crippen molar-refractivity contribution in [2.24, 2.45) is 0 Å². The average Bonchev–Trinajstić information content (AvgIpc) is 3.29. The van der Waals surface area contributed by atoms with E-state index in [1.807, 2.05) is 0 Å². The highest BCUT2D eigenvalue weighted by atomic mass is 32.1. The van der Waals surface area contributed by atoms with Gasteiger partial charge in [-0.1, -0.05) is 0 Å². The molecule has 0 unspecified atom stereocenters. The second kappa shape index (κ2) is 9.09. The molecule has 0 spiro atoms. The number of nitrogens with zero attached hydrogens (tertiary/aromatic N) is 2. The fraction of sp³-hybridized carbons (Fsp3) is 0.0833. The van der Waals surface area contributed by atoms with Crippen LogP contribution in [0.2, 0.25) is 0 Å². The number of rotatable bonds is 6. The molecule has 0 amide bonds. The van der Waals surface area contributed by atoms with E-state index in [-0.39, 0.29) is 43.6 Å². The third kappa shape index (κ3) is 3.98. The smallest absolute Gasteiger partial charge is 0.346 e. The zero-order chi connectivity index (χ0) is 26.4. The Morgan fingerprint density at radius 1 is 1.11 bits per heavy atom. The van der Waals surface area contributed by atoms with Gasteiger partial charge in [0.1, 0.15) is 23.1 Å². The number of benzene rings is 2. The lowest BCUT2D eigenvalue weighted by atomic mass is 10.1. The minimum Gasteiger partial charge on any atom is -0.493 e. The average molecular weight is 529 g/mol. The minimum atomic E-state index is -1.39. The molecule has 9 nitrogen and oxygen atoms in total. The highest BCUT2D eigenvalue weighted by Gasteiger charge is 2.22. The molecule has 0 aliphatic rings.